The van der Waals surface area contributed by atoms with Gasteiger partial charge in [0.05, 0.1) is 11.4 Å². The Balaban J connectivity index is 1.11. The molecular formula is C44H31NO. The lowest BCUT2D eigenvalue weighted by atomic mass is 9.94. The predicted octanol–water partition coefficient (Wildman–Crippen LogP) is 12.1. The fraction of sp³-hybridized carbons (Fsp3) is 0.0227. The van der Waals surface area contributed by atoms with Crippen molar-refractivity contribution >= 4 is 49.7 Å². The molecular weight excluding hydrogens is 558 g/mol. The zero-order valence-corrected chi connectivity index (χ0v) is 25.6. The number of furan rings is 1. The Morgan fingerprint density at radius 1 is 0.565 bits per heavy atom. The molecule has 2 nitrogen and oxygen atoms in total. The van der Waals surface area contributed by atoms with Gasteiger partial charge in [0, 0.05) is 27.3 Å². The standard InChI is InChI=1S/C44H31NO/c1-29(35-24-25-40-41-26-23-34-13-6-7-17-39(34)44(41)46-43(40)28-35)38-16-8-9-18-42(38)45-30(2)36-14-10-15-37(27-36)33-21-19-32(20-22-33)31-11-4-3-5-12-31/h3-28H,2H2,1H3/b38-29+,45-42?. The van der Waals surface area contributed by atoms with E-state index in [2.05, 4.69) is 159 Å². The minimum Gasteiger partial charge on any atom is -0.455 e. The Hall–Kier alpha value is -5.99. The lowest BCUT2D eigenvalue weighted by Gasteiger charge is -2.13. The Kier molecular flexibility index (Phi) is 6.89. The summed E-state index contributed by atoms with van der Waals surface area (Å²) in [6.07, 6.45) is 8.28. The Morgan fingerprint density at radius 3 is 2.11 bits per heavy atom. The van der Waals surface area contributed by atoms with Gasteiger partial charge in [0.25, 0.3) is 0 Å². The molecule has 0 aliphatic heterocycles. The highest BCUT2D eigenvalue weighted by Crippen LogP contribution is 2.36. The highest BCUT2D eigenvalue weighted by Gasteiger charge is 2.15. The van der Waals surface area contributed by atoms with E-state index in [9.17, 15) is 0 Å². The summed E-state index contributed by atoms with van der Waals surface area (Å²) in [7, 11) is 0. The molecule has 218 valence electrons. The van der Waals surface area contributed by atoms with E-state index in [1.165, 1.54) is 16.5 Å². The van der Waals surface area contributed by atoms with Crippen molar-refractivity contribution in [2.24, 2.45) is 4.99 Å². The van der Waals surface area contributed by atoms with Gasteiger partial charge in [-0.2, -0.15) is 0 Å². The van der Waals surface area contributed by atoms with E-state index in [1.54, 1.807) is 0 Å². The molecule has 0 saturated carbocycles. The van der Waals surface area contributed by atoms with Crippen molar-refractivity contribution in [2.45, 2.75) is 6.92 Å². The average Bonchev–Trinajstić information content (AvgIpc) is 3.51. The fourth-order valence-corrected chi connectivity index (χ4v) is 6.36. The molecule has 0 N–H and O–H groups in total. The molecule has 1 aromatic heterocycles. The molecule has 1 aliphatic rings. The number of hydrogen-bond donors (Lipinski definition) is 0. The molecule has 0 spiro atoms. The van der Waals surface area contributed by atoms with E-state index in [1.807, 2.05) is 12.1 Å². The number of nitrogens with zero attached hydrogens (tertiary/aromatic N) is 1. The lowest BCUT2D eigenvalue weighted by Crippen LogP contribution is -2.03. The fourth-order valence-electron chi connectivity index (χ4n) is 6.36. The van der Waals surface area contributed by atoms with Crippen LogP contribution in [0.1, 0.15) is 18.1 Å². The van der Waals surface area contributed by atoms with Gasteiger partial charge in [-0.25, -0.2) is 4.99 Å². The summed E-state index contributed by atoms with van der Waals surface area (Å²) >= 11 is 0. The van der Waals surface area contributed by atoms with Gasteiger partial charge in [-0.15, -0.1) is 0 Å². The maximum absolute atomic E-state index is 6.47. The van der Waals surface area contributed by atoms with Crippen molar-refractivity contribution in [3.8, 4) is 22.3 Å². The normalized spacial score (nSPS) is 14.8. The molecule has 1 heterocycles. The predicted molar refractivity (Wildman–Crippen MR) is 196 cm³/mol. The van der Waals surface area contributed by atoms with Crippen LogP contribution in [0.4, 0.5) is 0 Å². The number of hydrogen-bond acceptors (Lipinski definition) is 2. The van der Waals surface area contributed by atoms with Crippen LogP contribution in [0, 0.1) is 0 Å². The smallest absolute Gasteiger partial charge is 0.143 e. The molecule has 0 radical (unpaired) electrons. The second-order valence-corrected chi connectivity index (χ2v) is 11.7. The molecule has 1 aliphatic carbocycles. The second kappa shape index (κ2) is 11.5. The number of aliphatic imine (C=N–C) groups is 1. The first kappa shape index (κ1) is 27.6. The monoisotopic (exact) mass is 589 g/mol. The Morgan fingerprint density at radius 2 is 1.26 bits per heavy atom. The number of rotatable bonds is 5. The molecule has 6 aromatic carbocycles. The van der Waals surface area contributed by atoms with E-state index in [0.717, 1.165) is 72.1 Å². The summed E-state index contributed by atoms with van der Waals surface area (Å²) < 4.78 is 6.47. The van der Waals surface area contributed by atoms with E-state index in [0.29, 0.717) is 0 Å². The van der Waals surface area contributed by atoms with Crippen LogP contribution in [0.25, 0.3) is 66.2 Å². The summed E-state index contributed by atoms with van der Waals surface area (Å²) in [5, 5.41) is 4.57. The molecule has 0 atom stereocenters. The maximum Gasteiger partial charge on any atom is 0.143 e. The quantitative estimate of drug-likeness (QED) is 0.196. The minimum absolute atomic E-state index is 0.725. The van der Waals surface area contributed by atoms with Gasteiger partial charge >= 0.3 is 0 Å². The number of allylic oxidation sites excluding steroid dienone is 6. The molecule has 2 heteroatoms. The van der Waals surface area contributed by atoms with Crippen molar-refractivity contribution < 1.29 is 4.42 Å². The Labute approximate surface area is 268 Å². The summed E-state index contributed by atoms with van der Waals surface area (Å²) in [6, 6.07) is 46.8. The van der Waals surface area contributed by atoms with Gasteiger partial charge in [0.1, 0.15) is 11.2 Å². The first-order chi connectivity index (χ1) is 22.6. The lowest BCUT2D eigenvalue weighted by molar-refractivity contribution is 0.672. The van der Waals surface area contributed by atoms with E-state index < -0.39 is 0 Å². The van der Waals surface area contributed by atoms with Crippen molar-refractivity contribution in [2.75, 3.05) is 0 Å². The van der Waals surface area contributed by atoms with Crippen LogP contribution in [0.2, 0.25) is 0 Å². The summed E-state index contributed by atoms with van der Waals surface area (Å²) in [5.74, 6) is 0. The highest BCUT2D eigenvalue weighted by atomic mass is 16.3. The third-order valence-corrected chi connectivity index (χ3v) is 8.88. The van der Waals surface area contributed by atoms with Crippen LogP contribution in [0.3, 0.4) is 0 Å². The van der Waals surface area contributed by atoms with Gasteiger partial charge in [0.2, 0.25) is 0 Å². The second-order valence-electron chi connectivity index (χ2n) is 11.7. The average molecular weight is 590 g/mol. The van der Waals surface area contributed by atoms with Crippen LogP contribution in [-0.4, -0.2) is 5.71 Å². The van der Waals surface area contributed by atoms with Crippen LogP contribution in [0.15, 0.2) is 179 Å². The minimum atomic E-state index is 0.725. The van der Waals surface area contributed by atoms with Crippen molar-refractivity contribution in [1.82, 2.24) is 0 Å². The summed E-state index contributed by atoms with van der Waals surface area (Å²) in [4.78, 5) is 5.06. The largest absolute Gasteiger partial charge is 0.455 e. The number of benzene rings is 6. The van der Waals surface area contributed by atoms with Crippen molar-refractivity contribution in [3.05, 3.63) is 181 Å². The molecule has 0 amide bonds. The first-order valence-electron chi connectivity index (χ1n) is 15.6. The van der Waals surface area contributed by atoms with Crippen LogP contribution in [0.5, 0.6) is 0 Å². The zero-order chi connectivity index (χ0) is 31.0. The molecule has 0 fully saturated rings. The third-order valence-electron chi connectivity index (χ3n) is 8.88. The number of fused-ring (bicyclic) bond motifs is 5. The molecule has 7 aromatic rings. The van der Waals surface area contributed by atoms with Crippen molar-refractivity contribution in [1.29, 1.82) is 0 Å². The van der Waals surface area contributed by atoms with Gasteiger partial charge in [-0.3, -0.25) is 0 Å². The summed E-state index contributed by atoms with van der Waals surface area (Å²) in [5.41, 5.74) is 12.4. The molecule has 0 bridgehead atoms. The Bertz CT molecular complexity index is 2410. The van der Waals surface area contributed by atoms with Gasteiger partial charge in [-0.1, -0.05) is 134 Å². The zero-order valence-electron chi connectivity index (χ0n) is 25.6. The van der Waals surface area contributed by atoms with E-state index >= 15 is 0 Å². The first-order valence-corrected chi connectivity index (χ1v) is 15.6. The van der Waals surface area contributed by atoms with E-state index in [-0.39, 0.29) is 0 Å². The van der Waals surface area contributed by atoms with Gasteiger partial charge < -0.3 is 4.42 Å². The van der Waals surface area contributed by atoms with Crippen molar-refractivity contribution in [3.63, 3.8) is 0 Å². The van der Waals surface area contributed by atoms with Crippen LogP contribution < -0.4 is 0 Å². The maximum atomic E-state index is 6.47. The molecule has 0 unspecified atom stereocenters. The SMILES string of the molecule is C=C(N=C1C=CC=C/C1=C(/C)c1ccc2c(c1)oc1c3ccccc3ccc21)c1cccc(-c2ccc(-c3ccccc3)cc2)c1. The van der Waals surface area contributed by atoms with Crippen LogP contribution >= 0.6 is 0 Å². The van der Waals surface area contributed by atoms with Gasteiger partial charge in [-0.05, 0) is 76.0 Å². The molecule has 0 saturated heterocycles. The molecule has 46 heavy (non-hydrogen) atoms. The van der Waals surface area contributed by atoms with Gasteiger partial charge in [0.15, 0.2) is 0 Å². The van der Waals surface area contributed by atoms with Crippen LogP contribution in [-0.2, 0) is 0 Å². The van der Waals surface area contributed by atoms with E-state index in [4.69, 9.17) is 9.41 Å². The topological polar surface area (TPSA) is 25.5 Å². The highest BCUT2D eigenvalue weighted by molar-refractivity contribution is 6.18. The third kappa shape index (κ3) is 5.00. The molecule has 8 rings (SSSR count). The summed E-state index contributed by atoms with van der Waals surface area (Å²) in [6.45, 7) is 6.53.